The maximum absolute atomic E-state index is 13.0. The van der Waals surface area contributed by atoms with Crippen LogP contribution in [0.5, 0.6) is 5.75 Å². The minimum atomic E-state index is -0.287. The summed E-state index contributed by atoms with van der Waals surface area (Å²) in [5.41, 5.74) is 2.34. The molecule has 1 heterocycles. The standard InChI is InChI=1S/C20H21FN4O/c1-13(2)26-18-7-5-4-6-17(18)24-19-12-14(3)22-20(25-19)23-16-10-8-15(21)9-11-16/h4-13H,1-3H3,(H2,22,23,24,25). The Morgan fingerprint density at radius 2 is 1.69 bits per heavy atom. The van der Waals surface area contributed by atoms with Crippen LogP contribution in [0.4, 0.5) is 27.5 Å². The Morgan fingerprint density at radius 1 is 0.962 bits per heavy atom. The number of anilines is 4. The van der Waals surface area contributed by atoms with Crippen molar-refractivity contribution in [1.82, 2.24) is 9.97 Å². The van der Waals surface area contributed by atoms with E-state index in [0.29, 0.717) is 17.5 Å². The number of halogens is 1. The van der Waals surface area contributed by atoms with E-state index in [-0.39, 0.29) is 11.9 Å². The van der Waals surface area contributed by atoms with E-state index in [0.717, 1.165) is 17.1 Å². The van der Waals surface area contributed by atoms with Crippen LogP contribution in [0.15, 0.2) is 54.6 Å². The van der Waals surface area contributed by atoms with E-state index in [1.54, 1.807) is 12.1 Å². The van der Waals surface area contributed by atoms with E-state index < -0.39 is 0 Å². The summed E-state index contributed by atoms with van der Waals surface area (Å²) < 4.78 is 18.9. The van der Waals surface area contributed by atoms with Crippen LogP contribution in [-0.4, -0.2) is 16.1 Å². The average molecular weight is 352 g/mol. The van der Waals surface area contributed by atoms with Gasteiger partial charge in [-0.2, -0.15) is 4.98 Å². The number of hydrogen-bond donors (Lipinski definition) is 2. The monoisotopic (exact) mass is 352 g/mol. The molecule has 0 saturated carbocycles. The number of rotatable bonds is 6. The first kappa shape index (κ1) is 17.7. The smallest absolute Gasteiger partial charge is 0.229 e. The zero-order valence-electron chi connectivity index (χ0n) is 15.0. The lowest BCUT2D eigenvalue weighted by molar-refractivity contribution is 0.244. The SMILES string of the molecule is Cc1cc(Nc2ccccc2OC(C)C)nc(Nc2ccc(F)cc2)n1. The summed E-state index contributed by atoms with van der Waals surface area (Å²) >= 11 is 0. The maximum Gasteiger partial charge on any atom is 0.229 e. The lowest BCUT2D eigenvalue weighted by atomic mass is 10.3. The van der Waals surface area contributed by atoms with Gasteiger partial charge in [-0.25, -0.2) is 9.37 Å². The van der Waals surface area contributed by atoms with E-state index >= 15 is 0 Å². The molecule has 3 aromatic rings. The fourth-order valence-electron chi connectivity index (χ4n) is 2.42. The molecule has 5 nitrogen and oxygen atoms in total. The van der Waals surface area contributed by atoms with Crippen molar-refractivity contribution in [3.8, 4) is 5.75 Å². The van der Waals surface area contributed by atoms with Crippen LogP contribution in [0.25, 0.3) is 0 Å². The first-order valence-corrected chi connectivity index (χ1v) is 8.40. The zero-order chi connectivity index (χ0) is 18.5. The second-order valence-corrected chi connectivity index (χ2v) is 6.14. The average Bonchev–Trinajstić information content (AvgIpc) is 2.58. The molecule has 0 unspecified atom stereocenters. The van der Waals surface area contributed by atoms with Gasteiger partial charge in [-0.1, -0.05) is 12.1 Å². The maximum atomic E-state index is 13.0. The van der Waals surface area contributed by atoms with Gasteiger partial charge in [-0.15, -0.1) is 0 Å². The second-order valence-electron chi connectivity index (χ2n) is 6.14. The van der Waals surface area contributed by atoms with Gasteiger partial charge in [0.15, 0.2) is 0 Å². The second kappa shape index (κ2) is 7.82. The highest BCUT2D eigenvalue weighted by Crippen LogP contribution is 2.28. The van der Waals surface area contributed by atoms with Crippen molar-refractivity contribution < 1.29 is 9.13 Å². The molecule has 6 heteroatoms. The van der Waals surface area contributed by atoms with E-state index in [1.807, 2.05) is 51.1 Å². The quantitative estimate of drug-likeness (QED) is 0.639. The van der Waals surface area contributed by atoms with Crippen LogP contribution in [0, 0.1) is 12.7 Å². The summed E-state index contributed by atoms with van der Waals surface area (Å²) in [5.74, 6) is 1.54. The molecule has 1 aromatic heterocycles. The predicted molar refractivity (Wildman–Crippen MR) is 102 cm³/mol. The Kier molecular flexibility index (Phi) is 5.31. The summed E-state index contributed by atoms with van der Waals surface area (Å²) in [6.07, 6.45) is 0.0702. The number of aryl methyl sites for hydroxylation is 1. The Hall–Kier alpha value is -3.15. The van der Waals surface area contributed by atoms with Crippen molar-refractivity contribution in [1.29, 1.82) is 0 Å². The summed E-state index contributed by atoms with van der Waals surface area (Å²) in [7, 11) is 0. The Morgan fingerprint density at radius 3 is 2.42 bits per heavy atom. The molecule has 2 aromatic carbocycles. The number of nitrogens with one attached hydrogen (secondary N) is 2. The van der Waals surface area contributed by atoms with Crippen LogP contribution >= 0.6 is 0 Å². The van der Waals surface area contributed by atoms with Gasteiger partial charge in [0.1, 0.15) is 17.4 Å². The van der Waals surface area contributed by atoms with Crippen LogP contribution in [0.2, 0.25) is 0 Å². The lowest BCUT2D eigenvalue weighted by Gasteiger charge is -2.15. The zero-order valence-corrected chi connectivity index (χ0v) is 15.0. The van der Waals surface area contributed by atoms with Gasteiger partial charge in [0.05, 0.1) is 11.8 Å². The fraction of sp³-hybridized carbons (Fsp3) is 0.200. The van der Waals surface area contributed by atoms with E-state index in [9.17, 15) is 4.39 Å². The van der Waals surface area contributed by atoms with Gasteiger partial charge in [-0.3, -0.25) is 0 Å². The normalized spacial score (nSPS) is 10.7. The molecule has 0 atom stereocenters. The van der Waals surface area contributed by atoms with Crippen LogP contribution in [-0.2, 0) is 0 Å². The minimum Gasteiger partial charge on any atom is -0.489 e. The lowest BCUT2D eigenvalue weighted by Crippen LogP contribution is -2.08. The Balaban J connectivity index is 1.83. The molecule has 0 radical (unpaired) electrons. The van der Waals surface area contributed by atoms with Gasteiger partial charge in [0, 0.05) is 17.4 Å². The molecule has 0 aliphatic rings. The number of para-hydroxylation sites is 2. The summed E-state index contributed by atoms with van der Waals surface area (Å²) in [4.78, 5) is 8.86. The molecule has 3 rings (SSSR count). The van der Waals surface area contributed by atoms with E-state index in [2.05, 4.69) is 20.6 Å². The molecule has 0 aliphatic heterocycles. The molecular formula is C20H21FN4O. The van der Waals surface area contributed by atoms with Gasteiger partial charge in [0.2, 0.25) is 5.95 Å². The van der Waals surface area contributed by atoms with Gasteiger partial charge in [0.25, 0.3) is 0 Å². The van der Waals surface area contributed by atoms with Crippen molar-refractivity contribution in [2.75, 3.05) is 10.6 Å². The van der Waals surface area contributed by atoms with Crippen LogP contribution < -0.4 is 15.4 Å². The number of nitrogens with zero attached hydrogens (tertiary/aromatic N) is 2. The summed E-state index contributed by atoms with van der Waals surface area (Å²) in [6.45, 7) is 5.85. The molecule has 26 heavy (non-hydrogen) atoms. The number of benzene rings is 2. The first-order chi connectivity index (χ1) is 12.5. The predicted octanol–water partition coefficient (Wildman–Crippen LogP) is 5.20. The van der Waals surface area contributed by atoms with Crippen molar-refractivity contribution in [3.05, 3.63) is 66.1 Å². The third kappa shape index (κ3) is 4.69. The number of hydrogen-bond acceptors (Lipinski definition) is 5. The molecular weight excluding hydrogens is 331 g/mol. The molecule has 0 aliphatic carbocycles. The Bertz CT molecular complexity index is 881. The molecule has 134 valence electrons. The summed E-state index contributed by atoms with van der Waals surface area (Å²) in [6, 6.07) is 15.6. The van der Waals surface area contributed by atoms with Crippen LogP contribution in [0.1, 0.15) is 19.5 Å². The van der Waals surface area contributed by atoms with Crippen molar-refractivity contribution >= 4 is 23.1 Å². The third-order valence-corrected chi connectivity index (χ3v) is 3.47. The fourth-order valence-corrected chi connectivity index (χ4v) is 2.42. The molecule has 0 amide bonds. The van der Waals surface area contributed by atoms with Gasteiger partial charge in [-0.05, 0) is 57.2 Å². The molecule has 0 bridgehead atoms. The van der Waals surface area contributed by atoms with Crippen molar-refractivity contribution in [3.63, 3.8) is 0 Å². The highest BCUT2D eigenvalue weighted by atomic mass is 19.1. The molecule has 0 saturated heterocycles. The topological polar surface area (TPSA) is 59.1 Å². The largest absolute Gasteiger partial charge is 0.489 e. The highest BCUT2D eigenvalue weighted by molar-refractivity contribution is 5.65. The molecule has 0 fully saturated rings. The van der Waals surface area contributed by atoms with E-state index in [4.69, 9.17) is 4.74 Å². The number of ether oxygens (including phenoxy) is 1. The third-order valence-electron chi connectivity index (χ3n) is 3.47. The Labute approximate surface area is 152 Å². The van der Waals surface area contributed by atoms with Crippen molar-refractivity contribution in [2.24, 2.45) is 0 Å². The van der Waals surface area contributed by atoms with Gasteiger partial charge >= 0.3 is 0 Å². The number of aromatic nitrogens is 2. The molecule has 2 N–H and O–H groups in total. The van der Waals surface area contributed by atoms with Crippen LogP contribution in [0.3, 0.4) is 0 Å². The first-order valence-electron chi connectivity index (χ1n) is 8.40. The van der Waals surface area contributed by atoms with Crippen molar-refractivity contribution in [2.45, 2.75) is 26.9 Å². The van der Waals surface area contributed by atoms with Gasteiger partial charge < -0.3 is 15.4 Å². The molecule has 0 spiro atoms. The minimum absolute atomic E-state index is 0.0702. The highest BCUT2D eigenvalue weighted by Gasteiger charge is 2.08. The van der Waals surface area contributed by atoms with E-state index in [1.165, 1.54) is 12.1 Å². The summed E-state index contributed by atoms with van der Waals surface area (Å²) in [5, 5.41) is 6.36.